The van der Waals surface area contributed by atoms with E-state index in [9.17, 15) is 4.79 Å². The largest absolute Gasteiger partial charge is 0.355 e. The zero-order valence-corrected chi connectivity index (χ0v) is 16.2. The van der Waals surface area contributed by atoms with Gasteiger partial charge >= 0.3 is 0 Å². The van der Waals surface area contributed by atoms with Gasteiger partial charge in [0.1, 0.15) is 0 Å². The highest BCUT2D eigenvalue weighted by Gasteiger charge is 2.50. The SMILES string of the molecule is O=C(CSc1n[nH]c(-c2ccncc2)n1)NCC12CC3CC(CC(C3)C1)C2. The van der Waals surface area contributed by atoms with E-state index in [4.69, 9.17) is 0 Å². The summed E-state index contributed by atoms with van der Waals surface area (Å²) in [6.45, 7) is 0.853. The lowest BCUT2D eigenvalue weighted by Gasteiger charge is -2.56. The maximum atomic E-state index is 12.4. The van der Waals surface area contributed by atoms with E-state index in [2.05, 4.69) is 25.5 Å². The van der Waals surface area contributed by atoms with Crippen molar-refractivity contribution in [2.45, 2.75) is 43.7 Å². The van der Waals surface area contributed by atoms with E-state index in [1.165, 1.54) is 50.3 Å². The monoisotopic (exact) mass is 383 g/mol. The summed E-state index contributed by atoms with van der Waals surface area (Å²) in [5, 5.41) is 10.9. The van der Waals surface area contributed by atoms with Crippen molar-refractivity contribution in [1.82, 2.24) is 25.5 Å². The van der Waals surface area contributed by atoms with E-state index in [-0.39, 0.29) is 5.91 Å². The van der Waals surface area contributed by atoms with Crippen LogP contribution in [0.25, 0.3) is 11.4 Å². The fourth-order valence-electron chi connectivity index (χ4n) is 5.92. The van der Waals surface area contributed by atoms with Crippen LogP contribution in [0.3, 0.4) is 0 Å². The van der Waals surface area contributed by atoms with E-state index in [0.717, 1.165) is 29.9 Å². The van der Waals surface area contributed by atoms with Gasteiger partial charge in [-0.15, -0.1) is 5.10 Å². The van der Waals surface area contributed by atoms with Crippen molar-refractivity contribution in [3.05, 3.63) is 24.5 Å². The predicted molar refractivity (Wildman–Crippen MR) is 104 cm³/mol. The van der Waals surface area contributed by atoms with E-state index in [1.54, 1.807) is 12.4 Å². The number of aromatic amines is 1. The number of rotatable bonds is 6. The average Bonchev–Trinajstić information content (AvgIpc) is 3.14. The predicted octanol–water partition coefficient (Wildman–Crippen LogP) is 3.29. The first-order valence-electron chi connectivity index (χ1n) is 9.90. The van der Waals surface area contributed by atoms with Crippen LogP contribution >= 0.6 is 11.8 Å². The molecule has 1 amide bonds. The Balaban J connectivity index is 1.13. The molecular weight excluding hydrogens is 358 g/mol. The zero-order valence-electron chi connectivity index (χ0n) is 15.4. The molecule has 0 spiro atoms. The summed E-state index contributed by atoms with van der Waals surface area (Å²) in [6.07, 6.45) is 11.7. The molecule has 4 saturated carbocycles. The number of carbonyl (C=O) groups is 1. The van der Waals surface area contributed by atoms with Gasteiger partial charge in [-0.3, -0.25) is 14.9 Å². The molecule has 2 aromatic rings. The minimum atomic E-state index is 0.0889. The molecule has 0 saturated heterocycles. The number of thioether (sulfide) groups is 1. The molecule has 4 aliphatic rings. The molecular formula is C20H25N5OS. The molecule has 6 nitrogen and oxygen atoms in total. The molecule has 4 fully saturated rings. The van der Waals surface area contributed by atoms with Crippen LogP contribution in [0.2, 0.25) is 0 Å². The number of nitrogens with one attached hydrogen (secondary N) is 2. The highest BCUT2D eigenvalue weighted by atomic mass is 32.2. The van der Waals surface area contributed by atoms with Crippen molar-refractivity contribution in [1.29, 1.82) is 0 Å². The van der Waals surface area contributed by atoms with E-state index in [1.807, 2.05) is 12.1 Å². The van der Waals surface area contributed by atoms with Gasteiger partial charge in [0, 0.05) is 24.5 Å². The fourth-order valence-corrected chi connectivity index (χ4v) is 6.55. The molecule has 0 aliphatic heterocycles. The lowest BCUT2D eigenvalue weighted by Crippen LogP contribution is -2.51. The number of aromatic nitrogens is 4. The van der Waals surface area contributed by atoms with Crippen molar-refractivity contribution in [2.75, 3.05) is 12.3 Å². The highest BCUT2D eigenvalue weighted by Crippen LogP contribution is 2.59. The minimum absolute atomic E-state index is 0.0889. The van der Waals surface area contributed by atoms with Gasteiger partial charge in [0.2, 0.25) is 11.1 Å². The Labute approximate surface area is 163 Å². The number of H-pyrrole nitrogens is 1. The number of carbonyl (C=O) groups excluding carboxylic acids is 1. The lowest BCUT2D eigenvalue weighted by molar-refractivity contribution is -0.120. The second-order valence-electron chi connectivity index (χ2n) is 8.69. The van der Waals surface area contributed by atoms with Gasteiger partial charge in [-0.1, -0.05) is 11.8 Å². The summed E-state index contributed by atoms with van der Waals surface area (Å²) in [4.78, 5) is 20.8. The molecule has 142 valence electrons. The summed E-state index contributed by atoms with van der Waals surface area (Å²) in [7, 11) is 0. The van der Waals surface area contributed by atoms with Crippen molar-refractivity contribution >= 4 is 17.7 Å². The van der Waals surface area contributed by atoms with E-state index < -0.39 is 0 Å². The first-order chi connectivity index (χ1) is 13.2. The summed E-state index contributed by atoms with van der Waals surface area (Å²) < 4.78 is 0. The smallest absolute Gasteiger partial charge is 0.230 e. The molecule has 4 bridgehead atoms. The molecule has 2 N–H and O–H groups in total. The van der Waals surface area contributed by atoms with Crippen LogP contribution < -0.4 is 5.32 Å². The van der Waals surface area contributed by atoms with Crippen molar-refractivity contribution < 1.29 is 4.79 Å². The molecule has 27 heavy (non-hydrogen) atoms. The summed E-state index contributed by atoms with van der Waals surface area (Å²) in [6, 6.07) is 3.76. The van der Waals surface area contributed by atoms with Gasteiger partial charge in [0.15, 0.2) is 5.82 Å². The maximum Gasteiger partial charge on any atom is 0.230 e. The summed E-state index contributed by atoms with van der Waals surface area (Å²) >= 11 is 1.38. The molecule has 7 heteroatoms. The molecule has 0 unspecified atom stereocenters. The summed E-state index contributed by atoms with van der Waals surface area (Å²) in [5.74, 6) is 3.91. The van der Waals surface area contributed by atoms with Crippen molar-refractivity contribution in [3.8, 4) is 11.4 Å². The number of amides is 1. The van der Waals surface area contributed by atoms with Crippen LogP contribution in [-0.4, -0.2) is 38.4 Å². The summed E-state index contributed by atoms with van der Waals surface area (Å²) in [5.41, 5.74) is 1.32. The second-order valence-corrected chi connectivity index (χ2v) is 9.63. The standard InChI is InChI=1S/C20H25N5OS/c26-17(11-27-19-23-18(24-25-19)16-1-3-21-4-2-16)22-12-20-8-13-5-14(9-20)7-15(6-13)10-20/h1-4,13-15H,5-12H2,(H,22,26)(H,23,24,25). The van der Waals surface area contributed by atoms with Crippen LogP contribution in [0.5, 0.6) is 0 Å². The molecule has 4 aliphatic carbocycles. The zero-order chi connectivity index (χ0) is 18.3. The molecule has 2 heterocycles. The average molecular weight is 384 g/mol. The van der Waals surface area contributed by atoms with Gasteiger partial charge in [-0.25, -0.2) is 4.98 Å². The van der Waals surface area contributed by atoms with E-state index >= 15 is 0 Å². The van der Waals surface area contributed by atoms with Crippen molar-refractivity contribution in [3.63, 3.8) is 0 Å². The maximum absolute atomic E-state index is 12.4. The van der Waals surface area contributed by atoms with Gasteiger partial charge in [-0.2, -0.15) is 0 Å². The highest BCUT2D eigenvalue weighted by molar-refractivity contribution is 7.99. The third kappa shape index (κ3) is 3.61. The molecule has 0 atom stereocenters. The molecule has 0 aromatic carbocycles. The quantitative estimate of drug-likeness (QED) is 0.748. The first kappa shape index (κ1) is 17.2. The van der Waals surface area contributed by atoms with Crippen LogP contribution in [0.15, 0.2) is 29.7 Å². The normalized spacial score (nSPS) is 31.2. The first-order valence-corrected chi connectivity index (χ1v) is 10.9. The number of hydrogen-bond donors (Lipinski definition) is 2. The van der Waals surface area contributed by atoms with Crippen LogP contribution in [-0.2, 0) is 4.79 Å². The van der Waals surface area contributed by atoms with Gasteiger partial charge in [0.25, 0.3) is 0 Å². The Bertz CT molecular complexity index is 786. The van der Waals surface area contributed by atoms with Crippen LogP contribution in [0, 0.1) is 23.2 Å². The van der Waals surface area contributed by atoms with E-state index in [0.29, 0.717) is 22.1 Å². The Hall–Kier alpha value is -1.89. The minimum Gasteiger partial charge on any atom is -0.355 e. The van der Waals surface area contributed by atoms with Crippen LogP contribution in [0.4, 0.5) is 0 Å². The molecule has 0 radical (unpaired) electrons. The topological polar surface area (TPSA) is 83.6 Å². The third-order valence-electron chi connectivity index (χ3n) is 6.58. The Kier molecular flexibility index (Phi) is 4.42. The Morgan fingerprint density at radius 2 is 1.81 bits per heavy atom. The lowest BCUT2D eigenvalue weighted by atomic mass is 9.49. The number of nitrogens with zero attached hydrogens (tertiary/aromatic N) is 3. The molecule has 2 aromatic heterocycles. The second kappa shape index (κ2) is 6.93. The Morgan fingerprint density at radius 1 is 1.15 bits per heavy atom. The van der Waals surface area contributed by atoms with Crippen molar-refractivity contribution in [2.24, 2.45) is 23.2 Å². The van der Waals surface area contributed by atoms with Gasteiger partial charge in [0.05, 0.1) is 5.75 Å². The van der Waals surface area contributed by atoms with Gasteiger partial charge in [-0.05, 0) is 73.8 Å². The van der Waals surface area contributed by atoms with Crippen LogP contribution in [0.1, 0.15) is 38.5 Å². The van der Waals surface area contributed by atoms with Gasteiger partial charge < -0.3 is 5.32 Å². The number of pyridine rings is 1. The molecule has 6 rings (SSSR count). The fraction of sp³-hybridized carbons (Fsp3) is 0.600. The third-order valence-corrected chi connectivity index (χ3v) is 7.42. The number of hydrogen-bond acceptors (Lipinski definition) is 5. The Morgan fingerprint density at radius 3 is 2.48 bits per heavy atom.